The van der Waals surface area contributed by atoms with Crippen LogP contribution in [0.25, 0.3) is 31.2 Å². The minimum atomic E-state index is 0.501. The van der Waals surface area contributed by atoms with E-state index in [0.29, 0.717) is 13.2 Å². The van der Waals surface area contributed by atoms with Crippen LogP contribution < -0.4 is 15.8 Å². The first-order chi connectivity index (χ1) is 13.3. The van der Waals surface area contributed by atoms with Crippen molar-refractivity contribution >= 4 is 65.3 Å². The number of hydrogen-bond donors (Lipinski definition) is 2. The van der Waals surface area contributed by atoms with Crippen LogP contribution in [0.4, 0.5) is 11.4 Å². The zero-order chi connectivity index (χ0) is 18.2. The third-order valence-corrected chi connectivity index (χ3v) is 6.12. The van der Waals surface area contributed by atoms with Gasteiger partial charge in [-0.25, -0.2) is 4.98 Å². The molecule has 0 aliphatic rings. The summed E-state index contributed by atoms with van der Waals surface area (Å²) in [6.07, 6.45) is 1.82. The molecule has 5 rings (SSSR count). The number of thiazole rings is 1. The fourth-order valence-electron chi connectivity index (χ4n) is 3.12. The number of benzene rings is 2. The van der Waals surface area contributed by atoms with Gasteiger partial charge in [-0.2, -0.15) is 0 Å². The number of anilines is 2. The van der Waals surface area contributed by atoms with Crippen molar-refractivity contribution in [1.82, 2.24) is 9.97 Å². The molecule has 0 fully saturated rings. The summed E-state index contributed by atoms with van der Waals surface area (Å²) in [6.45, 7) is 1.01. The van der Waals surface area contributed by atoms with Crippen LogP contribution in [-0.2, 0) is 0 Å². The van der Waals surface area contributed by atoms with E-state index in [1.807, 2.05) is 23.2 Å². The summed E-state index contributed by atoms with van der Waals surface area (Å²) in [4.78, 5) is 8.95. The Kier molecular flexibility index (Phi) is 4.12. The molecule has 5 nitrogen and oxygen atoms in total. The number of fused-ring (bicyclic) bond motifs is 3. The summed E-state index contributed by atoms with van der Waals surface area (Å²) in [7, 11) is 0. The summed E-state index contributed by atoms with van der Waals surface area (Å²) in [5, 5.41) is 7.70. The first kappa shape index (κ1) is 16.4. The maximum atomic E-state index is 5.75. The monoisotopic (exact) mass is 392 g/mol. The van der Waals surface area contributed by atoms with Crippen LogP contribution in [0.5, 0.6) is 5.75 Å². The molecule has 27 heavy (non-hydrogen) atoms. The minimum absolute atomic E-state index is 0.501. The molecule has 0 unspecified atom stereocenters. The second-order valence-electron chi connectivity index (χ2n) is 6.12. The van der Waals surface area contributed by atoms with Crippen LogP contribution in [0.2, 0.25) is 0 Å². The van der Waals surface area contributed by atoms with Crippen molar-refractivity contribution in [2.75, 3.05) is 18.5 Å². The first-order valence-electron chi connectivity index (χ1n) is 8.55. The minimum Gasteiger partial charge on any atom is -0.491 e. The average Bonchev–Trinajstić information content (AvgIpc) is 3.31. The van der Waals surface area contributed by atoms with Crippen molar-refractivity contribution in [2.45, 2.75) is 0 Å². The molecule has 3 N–H and O–H groups in total. The van der Waals surface area contributed by atoms with Crippen LogP contribution in [0.15, 0.2) is 53.5 Å². The molecule has 5 aromatic rings. The summed E-state index contributed by atoms with van der Waals surface area (Å²) < 4.78 is 8.11. The van der Waals surface area contributed by atoms with Gasteiger partial charge in [-0.3, -0.25) is 4.98 Å². The fourth-order valence-corrected chi connectivity index (χ4v) is 4.68. The highest BCUT2D eigenvalue weighted by molar-refractivity contribution is 7.17. The van der Waals surface area contributed by atoms with Crippen molar-refractivity contribution in [1.29, 1.82) is 0 Å². The van der Waals surface area contributed by atoms with E-state index in [1.165, 1.54) is 9.40 Å². The fraction of sp³-hybridized carbons (Fsp3) is 0.100. The lowest BCUT2D eigenvalue weighted by atomic mass is 10.1. The van der Waals surface area contributed by atoms with Gasteiger partial charge in [-0.05, 0) is 36.4 Å². The molecule has 0 amide bonds. The lowest BCUT2D eigenvalue weighted by molar-refractivity contribution is 0.333. The Morgan fingerprint density at radius 3 is 2.85 bits per heavy atom. The normalized spacial score (nSPS) is 11.4. The number of nitrogens with two attached hydrogens (primary N) is 1. The highest BCUT2D eigenvalue weighted by Crippen LogP contribution is 2.37. The van der Waals surface area contributed by atoms with E-state index in [2.05, 4.69) is 45.6 Å². The number of nitrogens with one attached hydrogen (secondary N) is 1. The standard InChI is InChI=1S/C20H16N4OS2/c21-4-6-25-18-10-26-20-9-13-15(3-5-22-16(13)8-14(18)20)24-12-1-2-19-17(7-12)23-11-27-19/h1-3,5,7-11H,4,6,21H2,(H,22,24). The molecular formula is C20H16N4OS2. The predicted octanol–water partition coefficient (Wildman–Crippen LogP) is 5.14. The number of nitrogens with zero attached hydrogens (tertiary/aromatic N) is 2. The Balaban J connectivity index is 1.57. The van der Waals surface area contributed by atoms with E-state index < -0.39 is 0 Å². The molecule has 3 heterocycles. The van der Waals surface area contributed by atoms with E-state index in [0.717, 1.165) is 38.9 Å². The maximum absolute atomic E-state index is 5.75. The average molecular weight is 393 g/mol. The smallest absolute Gasteiger partial charge is 0.137 e. The van der Waals surface area contributed by atoms with E-state index >= 15 is 0 Å². The molecule has 134 valence electrons. The van der Waals surface area contributed by atoms with Crippen molar-refractivity contribution in [3.8, 4) is 5.75 Å². The zero-order valence-electron chi connectivity index (χ0n) is 14.3. The summed E-state index contributed by atoms with van der Waals surface area (Å²) >= 11 is 3.31. The van der Waals surface area contributed by atoms with Crippen LogP contribution in [0.3, 0.4) is 0 Å². The number of ether oxygens (including phenoxy) is 1. The molecule has 0 spiro atoms. The van der Waals surface area contributed by atoms with Gasteiger partial charge in [0.05, 0.1) is 21.2 Å². The molecular weight excluding hydrogens is 376 g/mol. The van der Waals surface area contributed by atoms with Crippen molar-refractivity contribution in [2.24, 2.45) is 5.73 Å². The van der Waals surface area contributed by atoms with Gasteiger partial charge < -0.3 is 15.8 Å². The number of thiophene rings is 1. The molecule has 0 aliphatic carbocycles. The summed E-state index contributed by atoms with van der Waals surface area (Å²) in [5.41, 5.74) is 11.4. The Labute approximate surface area is 163 Å². The van der Waals surface area contributed by atoms with E-state index in [-0.39, 0.29) is 0 Å². The maximum Gasteiger partial charge on any atom is 0.137 e. The van der Waals surface area contributed by atoms with Crippen molar-refractivity contribution in [3.63, 3.8) is 0 Å². The van der Waals surface area contributed by atoms with Crippen LogP contribution in [0.1, 0.15) is 0 Å². The molecule has 2 aromatic carbocycles. The Bertz CT molecular complexity index is 1260. The molecule has 3 aromatic heterocycles. The third-order valence-electron chi connectivity index (χ3n) is 4.39. The van der Waals surface area contributed by atoms with Crippen LogP contribution in [-0.4, -0.2) is 23.1 Å². The van der Waals surface area contributed by atoms with Gasteiger partial charge in [-0.1, -0.05) is 0 Å². The van der Waals surface area contributed by atoms with Gasteiger partial charge in [0.15, 0.2) is 0 Å². The predicted molar refractivity (Wildman–Crippen MR) is 115 cm³/mol. The summed E-state index contributed by atoms with van der Waals surface area (Å²) in [5.74, 6) is 0.872. The molecule has 0 radical (unpaired) electrons. The lowest BCUT2D eigenvalue weighted by Crippen LogP contribution is -2.10. The SMILES string of the molecule is NCCOc1csc2cc3c(Nc4ccc5scnc5c4)ccnc3cc12. The number of rotatable bonds is 5. The van der Waals surface area contributed by atoms with Crippen molar-refractivity contribution < 1.29 is 4.74 Å². The summed E-state index contributed by atoms with van der Waals surface area (Å²) in [6, 6.07) is 12.5. The molecule has 0 atom stereocenters. The topological polar surface area (TPSA) is 73.1 Å². The van der Waals surface area contributed by atoms with Gasteiger partial charge in [0.25, 0.3) is 0 Å². The van der Waals surface area contributed by atoms with Gasteiger partial charge in [-0.15, -0.1) is 22.7 Å². The lowest BCUT2D eigenvalue weighted by Gasteiger charge is -2.10. The second kappa shape index (κ2) is 6.77. The Hall–Kier alpha value is -2.74. The molecule has 0 bridgehead atoms. The van der Waals surface area contributed by atoms with Gasteiger partial charge in [0, 0.05) is 45.0 Å². The highest BCUT2D eigenvalue weighted by Gasteiger charge is 2.10. The third kappa shape index (κ3) is 2.99. The zero-order valence-corrected chi connectivity index (χ0v) is 15.9. The molecule has 7 heteroatoms. The quantitative estimate of drug-likeness (QED) is 0.433. The first-order valence-corrected chi connectivity index (χ1v) is 10.3. The molecule has 0 saturated carbocycles. The van der Waals surface area contributed by atoms with Gasteiger partial charge in [0.2, 0.25) is 0 Å². The largest absolute Gasteiger partial charge is 0.491 e. The second-order valence-corrected chi connectivity index (χ2v) is 7.92. The number of hydrogen-bond acceptors (Lipinski definition) is 7. The Morgan fingerprint density at radius 2 is 1.93 bits per heavy atom. The van der Waals surface area contributed by atoms with Crippen molar-refractivity contribution in [3.05, 3.63) is 53.5 Å². The van der Waals surface area contributed by atoms with Crippen LogP contribution in [0, 0.1) is 0 Å². The number of pyridine rings is 1. The molecule has 0 aliphatic heterocycles. The highest BCUT2D eigenvalue weighted by atomic mass is 32.1. The van der Waals surface area contributed by atoms with E-state index in [1.54, 1.807) is 22.7 Å². The van der Waals surface area contributed by atoms with Crippen LogP contribution >= 0.6 is 22.7 Å². The van der Waals surface area contributed by atoms with E-state index in [9.17, 15) is 0 Å². The number of aromatic nitrogens is 2. The van der Waals surface area contributed by atoms with Gasteiger partial charge in [0.1, 0.15) is 12.4 Å². The Morgan fingerprint density at radius 1 is 0.963 bits per heavy atom. The molecule has 0 saturated heterocycles. The van der Waals surface area contributed by atoms with Gasteiger partial charge >= 0.3 is 0 Å². The van der Waals surface area contributed by atoms with E-state index in [4.69, 9.17) is 10.5 Å².